The molecule has 0 bridgehead atoms. The normalized spacial score (nSPS) is 36.9. The van der Waals surface area contributed by atoms with Gasteiger partial charge in [-0.1, -0.05) is 58.9 Å². The van der Waals surface area contributed by atoms with E-state index in [0.29, 0.717) is 19.3 Å². The summed E-state index contributed by atoms with van der Waals surface area (Å²) in [7, 11) is 0. The van der Waals surface area contributed by atoms with Gasteiger partial charge in [0.25, 0.3) is 0 Å². The number of fused-ring (bicyclic) bond motifs is 3. The molecule has 0 radical (unpaired) electrons. The molecule has 0 unspecified atom stereocenters. The summed E-state index contributed by atoms with van der Waals surface area (Å²) in [4.78, 5) is 24.2. The summed E-state index contributed by atoms with van der Waals surface area (Å²) in [6.07, 6.45) is 6.09. The van der Waals surface area contributed by atoms with Gasteiger partial charge in [0, 0.05) is 17.8 Å². The molecule has 7 nitrogen and oxygen atoms in total. The van der Waals surface area contributed by atoms with Gasteiger partial charge in [0.05, 0.1) is 24.2 Å². The second-order valence-electron chi connectivity index (χ2n) is 13.3. The number of carboxylic acid groups (broad SMARTS) is 2. The van der Waals surface area contributed by atoms with Crippen molar-refractivity contribution in [2.24, 2.45) is 39.9 Å². The maximum Gasteiger partial charge on any atom is 0.306 e. The van der Waals surface area contributed by atoms with Crippen molar-refractivity contribution >= 4 is 11.9 Å². The predicted molar refractivity (Wildman–Crippen MR) is 146 cm³/mol. The van der Waals surface area contributed by atoms with E-state index >= 15 is 0 Å². The first-order valence-corrected chi connectivity index (χ1v) is 14.0. The van der Waals surface area contributed by atoms with Gasteiger partial charge in [-0.2, -0.15) is 0 Å². The summed E-state index contributed by atoms with van der Waals surface area (Å²) in [6, 6.07) is 0. The molecule has 0 aromatic heterocycles. The molecule has 8 atom stereocenters. The number of aliphatic hydroxyl groups excluding tert-OH is 2. The third-order valence-corrected chi connectivity index (χ3v) is 11.0. The Labute approximate surface area is 227 Å². The lowest BCUT2D eigenvalue weighted by Gasteiger charge is -2.56. The van der Waals surface area contributed by atoms with Gasteiger partial charge in [-0.15, -0.1) is 0 Å². The Balaban J connectivity index is 2.05. The molecule has 0 amide bonds. The fourth-order valence-corrected chi connectivity index (χ4v) is 8.18. The molecule has 7 heteroatoms. The molecule has 3 aliphatic rings. The molecule has 3 rings (SSSR count). The van der Waals surface area contributed by atoms with Crippen molar-refractivity contribution < 1.29 is 35.1 Å². The quantitative estimate of drug-likeness (QED) is 0.237. The van der Waals surface area contributed by atoms with Crippen LogP contribution in [0.5, 0.6) is 0 Å². The highest BCUT2D eigenvalue weighted by molar-refractivity contribution is 5.71. The van der Waals surface area contributed by atoms with Crippen LogP contribution < -0.4 is 0 Å². The summed E-state index contributed by atoms with van der Waals surface area (Å²) in [5.41, 5.74) is 0.404. The maximum atomic E-state index is 12.6. The third-order valence-electron chi connectivity index (χ3n) is 11.0. The Hall–Kier alpha value is -1.96. The second kappa shape index (κ2) is 10.5. The minimum atomic E-state index is -1.38. The van der Waals surface area contributed by atoms with Crippen molar-refractivity contribution in [2.75, 3.05) is 6.61 Å². The zero-order valence-electron chi connectivity index (χ0n) is 24.0. The lowest BCUT2D eigenvalue weighted by atomic mass is 9.48. The monoisotopic (exact) mass is 532 g/mol. The van der Waals surface area contributed by atoms with Gasteiger partial charge in [-0.25, -0.2) is 0 Å². The van der Waals surface area contributed by atoms with Crippen molar-refractivity contribution in [2.45, 2.75) is 98.2 Å². The van der Waals surface area contributed by atoms with Crippen LogP contribution >= 0.6 is 0 Å². The number of hydrogen-bond acceptors (Lipinski definition) is 5. The number of allylic oxidation sites excluding steroid dienone is 5. The van der Waals surface area contributed by atoms with Crippen LogP contribution in [0.2, 0.25) is 0 Å². The molecule has 0 aliphatic heterocycles. The molecule has 214 valence electrons. The number of hydrogen-bond donors (Lipinski definition) is 5. The number of aliphatic carboxylic acids is 2. The first-order chi connectivity index (χ1) is 17.5. The van der Waals surface area contributed by atoms with Gasteiger partial charge < -0.3 is 25.5 Å². The van der Waals surface area contributed by atoms with Crippen molar-refractivity contribution in [3.05, 3.63) is 35.5 Å². The molecule has 0 spiro atoms. The van der Waals surface area contributed by atoms with Crippen molar-refractivity contribution in [3.63, 3.8) is 0 Å². The van der Waals surface area contributed by atoms with Crippen molar-refractivity contribution in [1.29, 1.82) is 0 Å². The fourth-order valence-electron chi connectivity index (χ4n) is 8.18. The molecule has 1 saturated carbocycles. The molecular formula is C31H48O7. The van der Waals surface area contributed by atoms with E-state index < -0.39 is 58.3 Å². The van der Waals surface area contributed by atoms with Crippen LogP contribution in [0.3, 0.4) is 0 Å². The lowest BCUT2D eigenvalue weighted by molar-refractivity contribution is -0.150. The summed E-state index contributed by atoms with van der Waals surface area (Å²) >= 11 is 0. The number of carboxylic acids is 2. The minimum absolute atomic E-state index is 0.0504. The molecule has 3 aliphatic carbocycles. The number of aliphatic hydroxyl groups is 3. The standard InChI is InChI=1S/C31H48O7/c1-18(2)21-8-9-23-22(28(21,5)13-12-25(34)35)11-14-29(6)26(24(33)16-30(23,29)7)20(27(36)37)10-15-31(38,17-32)19(3)4/h9,11,19-21,24,26,32-33,38H,1,8,10,12-17H2,2-7H3,(H,34,35)(H,36,37)/t20-,21+,24-,26+,28+,29-,30+,31+/m1/s1. The number of carbonyl (C=O) groups is 2. The smallest absolute Gasteiger partial charge is 0.306 e. The van der Waals surface area contributed by atoms with Gasteiger partial charge in [-0.3, -0.25) is 9.59 Å². The molecule has 5 N–H and O–H groups in total. The van der Waals surface area contributed by atoms with Crippen molar-refractivity contribution in [1.82, 2.24) is 0 Å². The second-order valence-corrected chi connectivity index (χ2v) is 13.3. The highest BCUT2D eigenvalue weighted by Crippen LogP contribution is 2.70. The van der Waals surface area contributed by atoms with Crippen LogP contribution in [-0.2, 0) is 9.59 Å². The Bertz CT molecular complexity index is 1030. The van der Waals surface area contributed by atoms with Gasteiger partial charge in [-0.05, 0) is 79.3 Å². The minimum Gasteiger partial charge on any atom is -0.481 e. The predicted octanol–water partition coefficient (Wildman–Crippen LogP) is 4.96. The SMILES string of the molecule is C=C(C)[C@@H]1CC=C2C(=CC[C@]3(C)[C@@H]([C@@H](CC[C@](O)(CO)C(C)C)C(=O)O)[C@H](O)C[C@@]23C)[C@@]1(C)CCC(=O)O. The van der Waals surface area contributed by atoms with Crippen LogP contribution in [0.4, 0.5) is 0 Å². The van der Waals surface area contributed by atoms with Crippen molar-refractivity contribution in [3.8, 4) is 0 Å². The van der Waals surface area contributed by atoms with Gasteiger partial charge >= 0.3 is 11.9 Å². The van der Waals surface area contributed by atoms with E-state index in [9.17, 15) is 35.1 Å². The van der Waals surface area contributed by atoms with Crippen LogP contribution in [0.1, 0.15) is 86.5 Å². The molecule has 0 heterocycles. The van der Waals surface area contributed by atoms with Gasteiger partial charge in [0.15, 0.2) is 0 Å². The first kappa shape index (κ1) is 30.6. The highest BCUT2D eigenvalue weighted by atomic mass is 16.4. The summed E-state index contributed by atoms with van der Waals surface area (Å²) in [6.45, 7) is 15.7. The van der Waals surface area contributed by atoms with Crippen LogP contribution in [-0.4, -0.2) is 55.8 Å². The van der Waals surface area contributed by atoms with Gasteiger partial charge in [0.2, 0.25) is 0 Å². The molecule has 1 fully saturated rings. The summed E-state index contributed by atoms with van der Waals surface area (Å²) in [5.74, 6) is -3.39. The van der Waals surface area contributed by atoms with E-state index in [1.54, 1.807) is 13.8 Å². The Morgan fingerprint density at radius 3 is 2.29 bits per heavy atom. The van der Waals surface area contributed by atoms with E-state index in [1.165, 1.54) is 0 Å². The van der Waals surface area contributed by atoms with Crippen LogP contribution in [0.15, 0.2) is 35.5 Å². The summed E-state index contributed by atoms with van der Waals surface area (Å²) < 4.78 is 0. The van der Waals surface area contributed by atoms with E-state index in [2.05, 4.69) is 39.5 Å². The van der Waals surface area contributed by atoms with Gasteiger partial charge in [0.1, 0.15) is 0 Å². The molecule has 0 saturated heterocycles. The molecule has 0 aromatic carbocycles. The number of rotatable bonds is 11. The zero-order valence-corrected chi connectivity index (χ0v) is 24.0. The zero-order chi connectivity index (χ0) is 28.8. The van der Waals surface area contributed by atoms with E-state index in [4.69, 9.17) is 0 Å². The largest absolute Gasteiger partial charge is 0.481 e. The third kappa shape index (κ3) is 4.79. The first-order valence-electron chi connectivity index (χ1n) is 14.0. The Morgan fingerprint density at radius 1 is 1.16 bits per heavy atom. The molecule has 38 heavy (non-hydrogen) atoms. The van der Waals surface area contributed by atoms with E-state index in [1.807, 2.05) is 6.92 Å². The fraction of sp³-hybridized carbons (Fsp3) is 0.742. The average molecular weight is 533 g/mol. The summed E-state index contributed by atoms with van der Waals surface area (Å²) in [5, 5.41) is 52.0. The Morgan fingerprint density at radius 2 is 1.79 bits per heavy atom. The molecular weight excluding hydrogens is 484 g/mol. The van der Waals surface area contributed by atoms with E-state index in [-0.39, 0.29) is 31.1 Å². The van der Waals surface area contributed by atoms with Crippen LogP contribution in [0.25, 0.3) is 0 Å². The average Bonchev–Trinajstić information content (AvgIpc) is 3.03. The lowest BCUT2D eigenvalue weighted by Crippen LogP contribution is -2.49. The highest BCUT2D eigenvalue weighted by Gasteiger charge is 2.65. The van der Waals surface area contributed by atoms with E-state index in [0.717, 1.165) is 23.1 Å². The van der Waals surface area contributed by atoms with Crippen LogP contribution in [0, 0.1) is 39.9 Å². The Kier molecular flexibility index (Phi) is 8.49. The maximum absolute atomic E-state index is 12.6. The molecule has 0 aromatic rings. The topological polar surface area (TPSA) is 135 Å².